The summed E-state index contributed by atoms with van der Waals surface area (Å²) in [7, 11) is 0. The number of hydrogen-bond acceptors (Lipinski definition) is 2. The van der Waals surface area contributed by atoms with E-state index in [1.807, 2.05) is 6.92 Å². The molecule has 0 spiro atoms. The van der Waals surface area contributed by atoms with Gasteiger partial charge in [-0.3, -0.25) is 4.79 Å². The fourth-order valence-electron chi connectivity index (χ4n) is 3.57. The number of aliphatic carboxylic acids is 1. The van der Waals surface area contributed by atoms with Crippen molar-refractivity contribution in [1.29, 1.82) is 0 Å². The quantitative estimate of drug-likeness (QED) is 0.889. The van der Waals surface area contributed by atoms with Crippen LogP contribution in [0.2, 0.25) is 0 Å². The van der Waals surface area contributed by atoms with Crippen LogP contribution in [0, 0.1) is 17.7 Å². The molecule has 24 heavy (non-hydrogen) atoms. The molecule has 2 unspecified atom stereocenters. The number of rotatable bonds is 4. The minimum Gasteiger partial charge on any atom is -0.481 e. The van der Waals surface area contributed by atoms with E-state index < -0.39 is 11.9 Å². The lowest BCUT2D eigenvalue weighted by Gasteiger charge is -2.35. The van der Waals surface area contributed by atoms with E-state index in [0.717, 1.165) is 18.4 Å². The smallest absolute Gasteiger partial charge is 0.317 e. The van der Waals surface area contributed by atoms with Crippen LogP contribution in [0.5, 0.6) is 0 Å². The average molecular weight is 334 g/mol. The number of amides is 2. The van der Waals surface area contributed by atoms with E-state index in [1.165, 1.54) is 12.1 Å². The SMILES string of the molecule is CC1CC(C(=O)O)CN(C(=O)NCC2(c3ccc(F)cc3)CC2)C1. The average Bonchev–Trinajstić information content (AvgIpc) is 3.33. The van der Waals surface area contributed by atoms with Crippen molar-refractivity contribution in [2.75, 3.05) is 19.6 Å². The van der Waals surface area contributed by atoms with Gasteiger partial charge < -0.3 is 15.3 Å². The third-order valence-corrected chi connectivity index (χ3v) is 5.18. The number of hydrogen-bond donors (Lipinski definition) is 2. The number of benzene rings is 1. The molecule has 1 saturated carbocycles. The first kappa shape index (κ1) is 16.7. The lowest BCUT2D eigenvalue weighted by molar-refractivity contribution is -0.143. The summed E-state index contributed by atoms with van der Waals surface area (Å²) in [5.74, 6) is -1.42. The van der Waals surface area contributed by atoms with Gasteiger partial charge in [-0.15, -0.1) is 0 Å². The van der Waals surface area contributed by atoms with E-state index in [4.69, 9.17) is 0 Å². The number of piperidine rings is 1. The molecule has 2 fully saturated rings. The molecular weight excluding hydrogens is 311 g/mol. The summed E-state index contributed by atoms with van der Waals surface area (Å²) >= 11 is 0. The largest absolute Gasteiger partial charge is 0.481 e. The van der Waals surface area contributed by atoms with Crippen molar-refractivity contribution in [3.8, 4) is 0 Å². The number of carboxylic acids is 1. The number of carboxylic acid groups (broad SMARTS) is 1. The summed E-state index contributed by atoms with van der Waals surface area (Å²) in [6, 6.07) is 6.24. The number of likely N-dealkylation sites (tertiary alicyclic amines) is 1. The maximum atomic E-state index is 13.1. The standard InChI is InChI=1S/C18H23FN2O3/c1-12-8-13(16(22)23)10-21(9-12)17(24)20-11-18(6-7-18)14-2-4-15(19)5-3-14/h2-5,12-13H,6-11H2,1H3,(H,20,24)(H,22,23). The minimum atomic E-state index is -0.843. The van der Waals surface area contributed by atoms with Crippen molar-refractivity contribution in [3.05, 3.63) is 35.6 Å². The van der Waals surface area contributed by atoms with Crippen LogP contribution in [-0.4, -0.2) is 41.6 Å². The predicted octanol–water partition coefficient (Wildman–Crippen LogP) is 2.61. The molecular formula is C18H23FN2O3. The molecule has 1 aromatic rings. The van der Waals surface area contributed by atoms with Crippen LogP contribution < -0.4 is 5.32 Å². The van der Waals surface area contributed by atoms with E-state index >= 15 is 0 Å². The Bertz CT molecular complexity index is 628. The van der Waals surface area contributed by atoms with Crippen molar-refractivity contribution in [2.24, 2.45) is 11.8 Å². The van der Waals surface area contributed by atoms with Crippen LogP contribution in [-0.2, 0) is 10.2 Å². The van der Waals surface area contributed by atoms with Gasteiger partial charge in [0, 0.05) is 25.0 Å². The van der Waals surface area contributed by atoms with Crippen molar-refractivity contribution in [1.82, 2.24) is 10.2 Å². The summed E-state index contributed by atoms with van der Waals surface area (Å²) in [5.41, 5.74) is 0.941. The molecule has 1 saturated heterocycles. The second-order valence-corrected chi connectivity index (χ2v) is 7.23. The molecule has 2 amide bonds. The maximum absolute atomic E-state index is 13.1. The summed E-state index contributed by atoms with van der Waals surface area (Å²) in [6.07, 6.45) is 2.54. The predicted molar refractivity (Wildman–Crippen MR) is 87.2 cm³/mol. The Balaban J connectivity index is 1.59. The number of urea groups is 1. The Kier molecular flexibility index (Phi) is 4.47. The van der Waals surface area contributed by atoms with Gasteiger partial charge in [0.2, 0.25) is 0 Å². The first-order chi connectivity index (χ1) is 11.4. The summed E-state index contributed by atoms with van der Waals surface area (Å²) < 4.78 is 13.1. The van der Waals surface area contributed by atoms with Gasteiger partial charge in [-0.2, -0.15) is 0 Å². The Hall–Kier alpha value is -2.11. The van der Waals surface area contributed by atoms with Gasteiger partial charge in [-0.1, -0.05) is 19.1 Å². The number of nitrogens with one attached hydrogen (secondary N) is 1. The van der Waals surface area contributed by atoms with Gasteiger partial charge in [-0.25, -0.2) is 9.18 Å². The Morgan fingerprint density at radius 3 is 2.54 bits per heavy atom. The van der Waals surface area contributed by atoms with Crippen molar-refractivity contribution in [3.63, 3.8) is 0 Å². The normalized spacial score (nSPS) is 25.2. The molecule has 2 N–H and O–H groups in total. The van der Waals surface area contributed by atoms with Gasteiger partial charge in [-0.05, 0) is 42.9 Å². The Morgan fingerprint density at radius 2 is 1.96 bits per heavy atom. The molecule has 3 rings (SSSR count). The van der Waals surface area contributed by atoms with Crippen LogP contribution in [0.15, 0.2) is 24.3 Å². The molecule has 6 heteroatoms. The highest BCUT2D eigenvalue weighted by molar-refractivity contribution is 5.76. The maximum Gasteiger partial charge on any atom is 0.317 e. The zero-order valence-corrected chi connectivity index (χ0v) is 13.8. The Morgan fingerprint density at radius 1 is 1.29 bits per heavy atom. The number of carbonyl (C=O) groups is 2. The first-order valence-electron chi connectivity index (χ1n) is 8.41. The topological polar surface area (TPSA) is 69.6 Å². The summed E-state index contributed by atoms with van der Waals surface area (Å²) in [5, 5.41) is 12.2. The summed E-state index contributed by atoms with van der Waals surface area (Å²) in [4.78, 5) is 25.3. The molecule has 0 aromatic heterocycles. The number of nitrogens with zero attached hydrogens (tertiary/aromatic N) is 1. The van der Waals surface area contributed by atoms with Crippen LogP contribution >= 0.6 is 0 Å². The van der Waals surface area contributed by atoms with Crippen LogP contribution in [0.3, 0.4) is 0 Å². The third-order valence-electron chi connectivity index (χ3n) is 5.18. The molecule has 1 aliphatic heterocycles. The molecule has 130 valence electrons. The first-order valence-corrected chi connectivity index (χ1v) is 8.41. The van der Waals surface area contributed by atoms with Gasteiger partial charge in [0.25, 0.3) is 0 Å². The second kappa shape index (κ2) is 6.42. The highest BCUT2D eigenvalue weighted by atomic mass is 19.1. The highest BCUT2D eigenvalue weighted by Gasteiger charge is 2.44. The van der Waals surface area contributed by atoms with E-state index in [1.54, 1.807) is 17.0 Å². The fraction of sp³-hybridized carbons (Fsp3) is 0.556. The van der Waals surface area contributed by atoms with E-state index in [-0.39, 0.29) is 29.7 Å². The van der Waals surface area contributed by atoms with Crippen molar-refractivity contribution >= 4 is 12.0 Å². The van der Waals surface area contributed by atoms with Crippen LogP contribution in [0.4, 0.5) is 9.18 Å². The number of halogens is 1. The monoisotopic (exact) mass is 334 g/mol. The zero-order valence-electron chi connectivity index (χ0n) is 13.8. The van der Waals surface area contributed by atoms with Crippen LogP contribution in [0.25, 0.3) is 0 Å². The lowest BCUT2D eigenvalue weighted by Crippen LogP contribution is -2.50. The van der Waals surface area contributed by atoms with Gasteiger partial charge in [0.15, 0.2) is 0 Å². The van der Waals surface area contributed by atoms with Crippen molar-refractivity contribution in [2.45, 2.75) is 31.6 Å². The second-order valence-electron chi connectivity index (χ2n) is 7.23. The Labute approximate surface area is 140 Å². The molecule has 2 aliphatic rings. The molecule has 1 heterocycles. The zero-order chi connectivity index (χ0) is 17.3. The van der Waals surface area contributed by atoms with Crippen LogP contribution in [0.1, 0.15) is 31.7 Å². The molecule has 0 bridgehead atoms. The minimum absolute atomic E-state index is 0.100. The van der Waals surface area contributed by atoms with Crippen molar-refractivity contribution < 1.29 is 19.1 Å². The molecule has 2 atom stereocenters. The fourth-order valence-corrected chi connectivity index (χ4v) is 3.57. The van der Waals surface area contributed by atoms with Gasteiger partial charge in [0.1, 0.15) is 5.82 Å². The van der Waals surface area contributed by atoms with Gasteiger partial charge >= 0.3 is 12.0 Å². The van der Waals surface area contributed by atoms with E-state index in [9.17, 15) is 19.1 Å². The van der Waals surface area contributed by atoms with E-state index in [0.29, 0.717) is 19.5 Å². The van der Waals surface area contributed by atoms with E-state index in [2.05, 4.69) is 5.32 Å². The van der Waals surface area contributed by atoms with Gasteiger partial charge in [0.05, 0.1) is 5.92 Å². The molecule has 1 aromatic carbocycles. The third kappa shape index (κ3) is 3.52. The molecule has 0 radical (unpaired) electrons. The number of carbonyl (C=O) groups excluding carboxylic acids is 1. The lowest BCUT2D eigenvalue weighted by atomic mass is 9.91. The molecule has 1 aliphatic carbocycles. The molecule has 5 nitrogen and oxygen atoms in total. The summed E-state index contributed by atoms with van der Waals surface area (Å²) in [6.45, 7) is 3.31. The highest BCUT2D eigenvalue weighted by Crippen LogP contribution is 2.47.